The maximum absolute atomic E-state index is 5.89. The molecule has 0 aliphatic heterocycles. The molecule has 19 heavy (non-hydrogen) atoms. The molecule has 0 aliphatic carbocycles. The summed E-state index contributed by atoms with van der Waals surface area (Å²) in [6, 6.07) is 11.0. The maximum atomic E-state index is 5.89. The molecule has 0 aliphatic rings. The van der Waals surface area contributed by atoms with Crippen LogP contribution in [0, 0.1) is 0 Å². The summed E-state index contributed by atoms with van der Waals surface area (Å²) in [5.74, 6) is 0. The lowest BCUT2D eigenvalue weighted by atomic mass is 9.87. The molecular formula is C16H21NS2. The number of thiophene rings is 1. The first kappa shape index (κ1) is 14.6. The van der Waals surface area contributed by atoms with Gasteiger partial charge in [-0.25, -0.2) is 0 Å². The highest BCUT2D eigenvalue weighted by Gasteiger charge is 2.15. The van der Waals surface area contributed by atoms with Crippen molar-refractivity contribution < 1.29 is 0 Å². The molecular weight excluding hydrogens is 270 g/mol. The van der Waals surface area contributed by atoms with Crippen molar-refractivity contribution in [2.75, 3.05) is 6.54 Å². The predicted molar refractivity (Wildman–Crippen MR) is 87.1 cm³/mol. The van der Waals surface area contributed by atoms with E-state index in [4.69, 9.17) is 5.73 Å². The summed E-state index contributed by atoms with van der Waals surface area (Å²) in [4.78, 5) is 1.29. The third-order valence-corrected chi connectivity index (χ3v) is 5.12. The summed E-state index contributed by atoms with van der Waals surface area (Å²) >= 11 is 3.58. The van der Waals surface area contributed by atoms with Crippen LogP contribution in [0.3, 0.4) is 0 Å². The van der Waals surface area contributed by atoms with Crippen LogP contribution in [0.1, 0.15) is 37.1 Å². The minimum Gasteiger partial charge on any atom is -0.329 e. The zero-order valence-electron chi connectivity index (χ0n) is 11.7. The molecule has 1 aromatic heterocycles. The quantitative estimate of drug-likeness (QED) is 0.816. The number of benzene rings is 1. The molecule has 0 saturated carbocycles. The van der Waals surface area contributed by atoms with Gasteiger partial charge in [-0.1, -0.05) is 32.9 Å². The van der Waals surface area contributed by atoms with Gasteiger partial charge in [-0.05, 0) is 45.5 Å². The Morgan fingerprint density at radius 1 is 1.16 bits per heavy atom. The van der Waals surface area contributed by atoms with Crippen molar-refractivity contribution in [1.29, 1.82) is 0 Å². The van der Waals surface area contributed by atoms with E-state index in [0.717, 1.165) is 0 Å². The van der Waals surface area contributed by atoms with Crippen molar-refractivity contribution in [3.63, 3.8) is 0 Å². The first-order valence-corrected chi connectivity index (χ1v) is 8.32. The Morgan fingerprint density at radius 3 is 2.32 bits per heavy atom. The zero-order chi connectivity index (χ0) is 13.9. The molecule has 2 aromatic rings. The Bertz CT molecular complexity index is 495. The van der Waals surface area contributed by atoms with E-state index in [2.05, 4.69) is 61.9 Å². The summed E-state index contributed by atoms with van der Waals surface area (Å²) in [6.07, 6.45) is 0. The van der Waals surface area contributed by atoms with Gasteiger partial charge in [0.25, 0.3) is 0 Å². The Hall–Kier alpha value is -0.770. The van der Waals surface area contributed by atoms with Crippen LogP contribution in [0.2, 0.25) is 0 Å². The Balaban J connectivity index is 2.11. The largest absolute Gasteiger partial charge is 0.329 e. The van der Waals surface area contributed by atoms with E-state index in [-0.39, 0.29) is 5.41 Å². The topological polar surface area (TPSA) is 26.0 Å². The van der Waals surface area contributed by atoms with Crippen molar-refractivity contribution in [3.8, 4) is 0 Å². The van der Waals surface area contributed by atoms with Crippen LogP contribution in [0.15, 0.2) is 46.0 Å². The summed E-state index contributed by atoms with van der Waals surface area (Å²) in [6.45, 7) is 7.39. The minimum absolute atomic E-state index is 0.212. The third-order valence-electron chi connectivity index (χ3n) is 3.13. The Morgan fingerprint density at radius 2 is 1.84 bits per heavy atom. The molecule has 1 aromatic carbocycles. The van der Waals surface area contributed by atoms with Crippen molar-refractivity contribution >= 4 is 23.1 Å². The van der Waals surface area contributed by atoms with Gasteiger partial charge in [-0.15, -0.1) is 11.8 Å². The van der Waals surface area contributed by atoms with E-state index in [1.807, 2.05) is 11.8 Å². The van der Waals surface area contributed by atoms with E-state index >= 15 is 0 Å². The van der Waals surface area contributed by atoms with E-state index in [1.54, 1.807) is 11.3 Å². The Kier molecular flexibility index (Phi) is 4.71. The average Bonchev–Trinajstić information content (AvgIpc) is 2.89. The molecule has 2 N–H and O–H groups in total. The van der Waals surface area contributed by atoms with Gasteiger partial charge in [-0.2, -0.15) is 11.3 Å². The monoisotopic (exact) mass is 291 g/mol. The van der Waals surface area contributed by atoms with Crippen molar-refractivity contribution in [2.45, 2.75) is 36.3 Å². The summed E-state index contributed by atoms with van der Waals surface area (Å²) in [5, 5.41) is 4.65. The standard InChI is InChI=1S/C16H21NS2/c1-16(2,3)13-4-6-14(7-5-13)19-15(10-17)12-8-9-18-11-12/h4-9,11,15H,10,17H2,1-3H3. The molecule has 102 valence electrons. The summed E-state index contributed by atoms with van der Waals surface area (Å²) < 4.78 is 0. The van der Waals surface area contributed by atoms with E-state index in [1.165, 1.54) is 16.0 Å². The molecule has 0 radical (unpaired) electrons. The predicted octanol–water partition coefficient (Wildman–Crippen LogP) is 4.84. The SMILES string of the molecule is CC(C)(C)c1ccc(SC(CN)c2ccsc2)cc1. The first-order valence-electron chi connectivity index (χ1n) is 6.50. The van der Waals surface area contributed by atoms with Gasteiger partial charge in [0, 0.05) is 16.7 Å². The molecule has 2 rings (SSSR count). The molecule has 1 heterocycles. The van der Waals surface area contributed by atoms with Crippen molar-refractivity contribution in [3.05, 3.63) is 52.2 Å². The summed E-state index contributed by atoms with van der Waals surface area (Å²) in [5.41, 5.74) is 8.81. The van der Waals surface area contributed by atoms with Crippen molar-refractivity contribution in [2.24, 2.45) is 5.73 Å². The fourth-order valence-electron chi connectivity index (χ4n) is 1.91. The maximum Gasteiger partial charge on any atom is 0.0475 e. The van der Waals surface area contributed by atoms with E-state index in [0.29, 0.717) is 11.8 Å². The van der Waals surface area contributed by atoms with Crippen LogP contribution < -0.4 is 5.73 Å². The highest BCUT2D eigenvalue weighted by molar-refractivity contribution is 7.99. The second-order valence-corrected chi connectivity index (χ2v) is 7.73. The zero-order valence-corrected chi connectivity index (χ0v) is 13.4. The van der Waals surface area contributed by atoms with Crippen LogP contribution in [-0.4, -0.2) is 6.54 Å². The molecule has 1 atom stereocenters. The van der Waals surface area contributed by atoms with E-state index < -0.39 is 0 Å². The van der Waals surface area contributed by atoms with Crippen LogP contribution >= 0.6 is 23.1 Å². The average molecular weight is 291 g/mol. The lowest BCUT2D eigenvalue weighted by molar-refractivity contribution is 0.590. The fraction of sp³-hybridized carbons (Fsp3) is 0.375. The highest BCUT2D eigenvalue weighted by Crippen LogP contribution is 2.36. The van der Waals surface area contributed by atoms with E-state index in [9.17, 15) is 0 Å². The lowest BCUT2D eigenvalue weighted by Gasteiger charge is -2.20. The fourth-order valence-corrected chi connectivity index (χ4v) is 3.71. The second-order valence-electron chi connectivity index (χ2n) is 5.67. The van der Waals surface area contributed by atoms with Crippen LogP contribution in [0.25, 0.3) is 0 Å². The number of hydrogen-bond donors (Lipinski definition) is 1. The smallest absolute Gasteiger partial charge is 0.0475 e. The molecule has 0 fully saturated rings. The van der Waals surface area contributed by atoms with Gasteiger partial charge in [0.15, 0.2) is 0 Å². The van der Waals surface area contributed by atoms with Crippen LogP contribution in [-0.2, 0) is 5.41 Å². The van der Waals surface area contributed by atoms with Gasteiger partial charge in [0.2, 0.25) is 0 Å². The molecule has 0 bridgehead atoms. The van der Waals surface area contributed by atoms with Crippen LogP contribution in [0.4, 0.5) is 0 Å². The molecule has 0 spiro atoms. The number of nitrogens with two attached hydrogens (primary N) is 1. The molecule has 0 amide bonds. The van der Waals surface area contributed by atoms with Gasteiger partial charge >= 0.3 is 0 Å². The van der Waals surface area contributed by atoms with Crippen LogP contribution in [0.5, 0.6) is 0 Å². The molecule has 0 saturated heterocycles. The molecule has 1 unspecified atom stereocenters. The molecule has 3 heteroatoms. The Labute approximate surface area is 124 Å². The third kappa shape index (κ3) is 3.85. The first-order chi connectivity index (χ1) is 9.00. The number of rotatable bonds is 4. The van der Waals surface area contributed by atoms with Gasteiger partial charge < -0.3 is 5.73 Å². The number of hydrogen-bond acceptors (Lipinski definition) is 3. The minimum atomic E-state index is 0.212. The van der Waals surface area contributed by atoms with Gasteiger partial charge in [-0.3, -0.25) is 0 Å². The van der Waals surface area contributed by atoms with Crippen molar-refractivity contribution in [1.82, 2.24) is 0 Å². The number of thioether (sulfide) groups is 1. The highest BCUT2D eigenvalue weighted by atomic mass is 32.2. The van der Waals surface area contributed by atoms with Gasteiger partial charge in [0.1, 0.15) is 0 Å². The summed E-state index contributed by atoms with van der Waals surface area (Å²) in [7, 11) is 0. The second kappa shape index (κ2) is 6.12. The van der Waals surface area contributed by atoms with Gasteiger partial charge in [0.05, 0.1) is 0 Å². The normalized spacial score (nSPS) is 13.5. The lowest BCUT2D eigenvalue weighted by Crippen LogP contribution is -2.11. The molecule has 1 nitrogen and oxygen atoms in total.